The van der Waals surface area contributed by atoms with Gasteiger partial charge < -0.3 is 4.74 Å². The molecule has 1 aliphatic heterocycles. The molecule has 14 heavy (non-hydrogen) atoms. The molecule has 0 atom stereocenters. The molecule has 0 bridgehead atoms. The maximum absolute atomic E-state index is 13.4. The summed E-state index contributed by atoms with van der Waals surface area (Å²) in [6, 6.07) is 3.56. The first-order valence-corrected chi connectivity index (χ1v) is 4.81. The van der Waals surface area contributed by atoms with Crippen molar-refractivity contribution in [3.63, 3.8) is 0 Å². The molecule has 1 aromatic rings. The van der Waals surface area contributed by atoms with Crippen LogP contribution in [0.15, 0.2) is 18.2 Å². The van der Waals surface area contributed by atoms with Crippen LogP contribution in [0, 0.1) is 11.6 Å². The molecular formula is C10H9ClF2O. The van der Waals surface area contributed by atoms with Crippen LogP contribution in [0.1, 0.15) is 5.56 Å². The number of hydrogen-bond donors (Lipinski definition) is 0. The number of rotatable bonds is 2. The zero-order valence-electron chi connectivity index (χ0n) is 7.40. The average molecular weight is 219 g/mol. The minimum atomic E-state index is -0.573. The van der Waals surface area contributed by atoms with E-state index in [2.05, 4.69) is 0 Å². The zero-order chi connectivity index (χ0) is 10.2. The first-order chi connectivity index (χ1) is 6.68. The average Bonchev–Trinajstić information content (AvgIpc) is 2.07. The molecule has 0 amide bonds. The number of ether oxygens (including phenoxy) is 1. The minimum absolute atomic E-state index is 0.287. The van der Waals surface area contributed by atoms with E-state index in [4.69, 9.17) is 16.3 Å². The van der Waals surface area contributed by atoms with Crippen LogP contribution in [0.3, 0.4) is 0 Å². The number of benzene rings is 1. The van der Waals surface area contributed by atoms with Crippen molar-refractivity contribution in [3.8, 4) is 0 Å². The van der Waals surface area contributed by atoms with E-state index in [0.717, 1.165) is 6.07 Å². The summed E-state index contributed by atoms with van der Waals surface area (Å²) in [6.45, 7) is 0.804. The van der Waals surface area contributed by atoms with Gasteiger partial charge in [-0.3, -0.25) is 0 Å². The standard InChI is InChI=1S/C10H9ClF2O/c11-4-10(5-14-6-10)8-2-1-7(12)3-9(8)13/h1-3H,4-6H2. The van der Waals surface area contributed by atoms with Crippen LogP contribution in [-0.2, 0) is 10.2 Å². The van der Waals surface area contributed by atoms with E-state index in [0.29, 0.717) is 18.8 Å². The van der Waals surface area contributed by atoms with Gasteiger partial charge >= 0.3 is 0 Å². The van der Waals surface area contributed by atoms with E-state index >= 15 is 0 Å². The molecule has 1 aliphatic rings. The van der Waals surface area contributed by atoms with Crippen molar-refractivity contribution in [3.05, 3.63) is 35.4 Å². The van der Waals surface area contributed by atoms with Crippen LogP contribution in [0.2, 0.25) is 0 Å². The molecule has 0 N–H and O–H groups in total. The highest BCUT2D eigenvalue weighted by Gasteiger charge is 2.41. The molecule has 1 heterocycles. The molecule has 76 valence electrons. The van der Waals surface area contributed by atoms with E-state index in [1.54, 1.807) is 0 Å². The Morgan fingerprint density at radius 1 is 1.36 bits per heavy atom. The fourth-order valence-electron chi connectivity index (χ4n) is 1.57. The van der Waals surface area contributed by atoms with Gasteiger partial charge in [0.05, 0.1) is 18.6 Å². The predicted octanol–water partition coefficient (Wildman–Crippen LogP) is 2.47. The Morgan fingerprint density at radius 2 is 2.07 bits per heavy atom. The molecule has 2 rings (SSSR count). The first kappa shape index (κ1) is 9.87. The highest BCUT2D eigenvalue weighted by atomic mass is 35.5. The summed E-state index contributed by atoms with van der Waals surface area (Å²) < 4.78 is 31.1. The molecule has 0 aromatic heterocycles. The largest absolute Gasteiger partial charge is 0.379 e. The molecule has 0 spiro atoms. The topological polar surface area (TPSA) is 9.23 Å². The van der Waals surface area contributed by atoms with E-state index in [-0.39, 0.29) is 5.88 Å². The highest BCUT2D eigenvalue weighted by Crippen LogP contribution is 2.35. The van der Waals surface area contributed by atoms with Crippen LogP contribution < -0.4 is 0 Å². The Kier molecular flexibility index (Phi) is 2.45. The summed E-state index contributed by atoms with van der Waals surface area (Å²) in [6.07, 6.45) is 0. The number of halogens is 3. The third kappa shape index (κ3) is 1.41. The quantitative estimate of drug-likeness (QED) is 0.693. The van der Waals surface area contributed by atoms with Gasteiger partial charge in [-0.1, -0.05) is 6.07 Å². The van der Waals surface area contributed by atoms with Crippen LogP contribution in [-0.4, -0.2) is 19.1 Å². The van der Waals surface area contributed by atoms with Crippen molar-refractivity contribution in [2.45, 2.75) is 5.41 Å². The Balaban J connectivity index is 2.40. The lowest BCUT2D eigenvalue weighted by Gasteiger charge is -2.40. The molecule has 1 saturated heterocycles. The van der Waals surface area contributed by atoms with Crippen LogP contribution in [0.4, 0.5) is 8.78 Å². The summed E-state index contributed by atoms with van der Waals surface area (Å²) in [7, 11) is 0. The highest BCUT2D eigenvalue weighted by molar-refractivity contribution is 6.18. The Bertz CT molecular complexity index is 344. The predicted molar refractivity (Wildman–Crippen MR) is 49.6 cm³/mol. The Morgan fingerprint density at radius 3 is 2.50 bits per heavy atom. The number of hydrogen-bond acceptors (Lipinski definition) is 1. The van der Waals surface area contributed by atoms with Crippen LogP contribution in [0.5, 0.6) is 0 Å². The van der Waals surface area contributed by atoms with Gasteiger partial charge in [0.2, 0.25) is 0 Å². The third-order valence-electron chi connectivity index (χ3n) is 2.51. The summed E-state index contributed by atoms with van der Waals surface area (Å²) in [4.78, 5) is 0. The van der Waals surface area contributed by atoms with Gasteiger partial charge in [-0.05, 0) is 6.07 Å². The number of alkyl halides is 1. The smallest absolute Gasteiger partial charge is 0.130 e. The second-order valence-corrected chi connectivity index (χ2v) is 3.80. The van der Waals surface area contributed by atoms with Crippen molar-refractivity contribution >= 4 is 11.6 Å². The SMILES string of the molecule is Fc1ccc(C2(CCl)COC2)c(F)c1. The second-order valence-electron chi connectivity index (χ2n) is 3.53. The van der Waals surface area contributed by atoms with Gasteiger partial charge in [-0.2, -0.15) is 0 Å². The molecule has 0 aliphatic carbocycles. The van der Waals surface area contributed by atoms with Crippen LogP contribution >= 0.6 is 11.6 Å². The molecule has 1 aromatic carbocycles. The minimum Gasteiger partial charge on any atom is -0.379 e. The normalized spacial score (nSPS) is 19.1. The lowest BCUT2D eigenvalue weighted by molar-refractivity contribution is -0.0496. The van der Waals surface area contributed by atoms with Gasteiger partial charge in [-0.15, -0.1) is 11.6 Å². The van der Waals surface area contributed by atoms with Gasteiger partial charge in [0.15, 0.2) is 0 Å². The van der Waals surface area contributed by atoms with Crippen molar-refractivity contribution in [1.82, 2.24) is 0 Å². The van der Waals surface area contributed by atoms with E-state index in [1.165, 1.54) is 12.1 Å². The third-order valence-corrected chi connectivity index (χ3v) is 3.03. The van der Waals surface area contributed by atoms with Gasteiger partial charge in [-0.25, -0.2) is 8.78 Å². The second kappa shape index (κ2) is 3.48. The summed E-state index contributed by atoms with van der Waals surface area (Å²) in [5.74, 6) is -0.833. The maximum Gasteiger partial charge on any atom is 0.130 e. The molecule has 0 saturated carbocycles. The first-order valence-electron chi connectivity index (χ1n) is 4.27. The summed E-state index contributed by atoms with van der Waals surface area (Å²) in [5.41, 5.74) is -0.0144. The molecule has 0 radical (unpaired) electrons. The lowest BCUT2D eigenvalue weighted by atomic mass is 9.80. The van der Waals surface area contributed by atoms with E-state index < -0.39 is 17.0 Å². The fraction of sp³-hybridized carbons (Fsp3) is 0.400. The van der Waals surface area contributed by atoms with E-state index in [1.807, 2.05) is 0 Å². The van der Waals surface area contributed by atoms with E-state index in [9.17, 15) is 8.78 Å². The molecule has 1 fully saturated rings. The fourth-order valence-corrected chi connectivity index (χ4v) is 1.87. The van der Waals surface area contributed by atoms with Crippen LogP contribution in [0.25, 0.3) is 0 Å². The Hall–Kier alpha value is -0.670. The zero-order valence-corrected chi connectivity index (χ0v) is 8.15. The van der Waals surface area contributed by atoms with Crippen molar-refractivity contribution < 1.29 is 13.5 Å². The van der Waals surface area contributed by atoms with Gasteiger partial charge in [0.25, 0.3) is 0 Å². The van der Waals surface area contributed by atoms with Crippen molar-refractivity contribution in [2.24, 2.45) is 0 Å². The van der Waals surface area contributed by atoms with Crippen molar-refractivity contribution in [2.75, 3.05) is 19.1 Å². The Labute approximate surface area is 85.6 Å². The molecule has 4 heteroatoms. The molecular weight excluding hydrogens is 210 g/mol. The van der Waals surface area contributed by atoms with Crippen molar-refractivity contribution in [1.29, 1.82) is 0 Å². The maximum atomic E-state index is 13.4. The van der Waals surface area contributed by atoms with Gasteiger partial charge in [0, 0.05) is 17.5 Å². The molecule has 1 nitrogen and oxygen atoms in total. The summed E-state index contributed by atoms with van der Waals surface area (Å²) >= 11 is 5.77. The monoisotopic (exact) mass is 218 g/mol. The molecule has 0 unspecified atom stereocenters. The lowest BCUT2D eigenvalue weighted by Crippen LogP contribution is -2.49. The summed E-state index contributed by atoms with van der Waals surface area (Å²) in [5, 5.41) is 0. The van der Waals surface area contributed by atoms with Gasteiger partial charge in [0.1, 0.15) is 11.6 Å².